The van der Waals surface area contributed by atoms with E-state index in [1.807, 2.05) is 54.6 Å². The molecule has 0 bridgehead atoms. The smallest absolute Gasteiger partial charge is 0.359 e. The van der Waals surface area contributed by atoms with E-state index in [1.54, 1.807) is 43.2 Å². The molecule has 0 saturated heterocycles. The predicted octanol–water partition coefficient (Wildman–Crippen LogP) is 4.29. The van der Waals surface area contributed by atoms with Gasteiger partial charge in [0.15, 0.2) is 5.69 Å². The Hall–Kier alpha value is -6.35. The van der Waals surface area contributed by atoms with Gasteiger partial charge >= 0.3 is 11.9 Å². The summed E-state index contributed by atoms with van der Waals surface area (Å²) in [5.41, 5.74) is 1.80. The van der Waals surface area contributed by atoms with E-state index < -0.39 is 41.2 Å². The number of nitrogens with zero attached hydrogens (tertiary/aromatic N) is 4. The van der Waals surface area contributed by atoms with Crippen LogP contribution >= 0.6 is 15.9 Å². The SMILES string of the molecule is COc1ccc(CN2CC(Br)C(C)=C(NC(=O)[C@H](Cc3ccc(-n4nnc(C(=O)O)c4C(=O)O)cc3)NC(=O)Cc3ccc4ccccc4c3)C2=O)cc1. The highest BCUT2D eigenvalue weighted by molar-refractivity contribution is 9.09. The number of amides is 3. The number of rotatable bonds is 13. The van der Waals surface area contributed by atoms with Crippen molar-refractivity contribution in [3.8, 4) is 11.4 Å². The first-order valence-electron chi connectivity index (χ1n) is 16.8. The van der Waals surface area contributed by atoms with Crippen LogP contribution in [-0.2, 0) is 33.8 Å². The second kappa shape index (κ2) is 16.1. The minimum absolute atomic E-state index is 0.00703. The summed E-state index contributed by atoms with van der Waals surface area (Å²) < 4.78 is 6.13. The number of aromatic nitrogens is 3. The topological polar surface area (TPSA) is 193 Å². The zero-order valence-electron chi connectivity index (χ0n) is 29.2. The Morgan fingerprint density at radius 1 is 0.907 bits per heavy atom. The molecule has 0 saturated carbocycles. The molecule has 0 spiro atoms. The summed E-state index contributed by atoms with van der Waals surface area (Å²) in [6.45, 7) is 2.42. The summed E-state index contributed by atoms with van der Waals surface area (Å²) in [6.07, 6.45) is -0.0174. The van der Waals surface area contributed by atoms with Crippen LogP contribution in [-0.4, -0.2) is 84.3 Å². The molecule has 54 heavy (non-hydrogen) atoms. The Bertz CT molecular complexity index is 2290. The molecule has 0 radical (unpaired) electrons. The van der Waals surface area contributed by atoms with Gasteiger partial charge in [-0.2, -0.15) is 0 Å². The fourth-order valence-electron chi connectivity index (χ4n) is 6.14. The van der Waals surface area contributed by atoms with Gasteiger partial charge in [0.05, 0.1) is 24.0 Å². The standard InChI is InChI=1S/C39H35BrN6O8/c1-22-30(40)21-45(20-24-10-15-29(54-2)16-11-24)37(49)33(22)42-36(48)31(41-32(47)19-25-7-12-26-5-3-4-6-27(26)17-25)18-23-8-13-28(14-9-23)46-35(39(52)53)34(38(50)51)43-44-46/h3-17,30-31H,18-21H2,1-2H3,(H,41,47)(H,42,48)(H,50,51)(H,52,53)/t30?,31-/m0/s1. The van der Waals surface area contributed by atoms with Crippen LogP contribution in [0.3, 0.4) is 0 Å². The maximum Gasteiger partial charge on any atom is 0.359 e. The van der Waals surface area contributed by atoms with E-state index in [-0.39, 0.29) is 35.0 Å². The van der Waals surface area contributed by atoms with Crippen molar-refractivity contribution in [3.05, 3.63) is 130 Å². The molecule has 5 aromatic rings. The Morgan fingerprint density at radius 3 is 2.24 bits per heavy atom. The van der Waals surface area contributed by atoms with Gasteiger partial charge in [-0.15, -0.1) is 5.10 Å². The van der Waals surface area contributed by atoms with Crippen molar-refractivity contribution in [3.63, 3.8) is 0 Å². The van der Waals surface area contributed by atoms with E-state index in [1.165, 1.54) is 12.1 Å². The summed E-state index contributed by atoms with van der Waals surface area (Å²) in [5.74, 6) is -3.79. The number of hydrogen-bond donors (Lipinski definition) is 4. The summed E-state index contributed by atoms with van der Waals surface area (Å²) in [4.78, 5) is 66.1. The molecule has 15 heteroatoms. The van der Waals surface area contributed by atoms with Crippen LogP contribution in [0, 0.1) is 0 Å². The van der Waals surface area contributed by atoms with Crippen molar-refractivity contribution in [1.82, 2.24) is 30.5 Å². The van der Waals surface area contributed by atoms with Crippen molar-refractivity contribution < 1.29 is 38.9 Å². The molecule has 6 rings (SSSR count). The number of methoxy groups -OCH3 is 1. The van der Waals surface area contributed by atoms with E-state index in [9.17, 15) is 34.2 Å². The van der Waals surface area contributed by atoms with Crippen LogP contribution in [0.5, 0.6) is 5.75 Å². The monoisotopic (exact) mass is 794 g/mol. The largest absolute Gasteiger partial charge is 0.497 e. The molecule has 4 N–H and O–H groups in total. The van der Waals surface area contributed by atoms with Gasteiger partial charge in [-0.1, -0.05) is 87.9 Å². The zero-order chi connectivity index (χ0) is 38.5. The lowest BCUT2D eigenvalue weighted by molar-refractivity contribution is -0.132. The third-order valence-corrected chi connectivity index (χ3v) is 10.0. The van der Waals surface area contributed by atoms with E-state index in [0.29, 0.717) is 30.0 Å². The predicted molar refractivity (Wildman–Crippen MR) is 201 cm³/mol. The van der Waals surface area contributed by atoms with Crippen molar-refractivity contribution in [2.75, 3.05) is 13.7 Å². The summed E-state index contributed by atoms with van der Waals surface area (Å²) in [7, 11) is 1.57. The van der Waals surface area contributed by atoms with Crippen molar-refractivity contribution in [2.24, 2.45) is 0 Å². The van der Waals surface area contributed by atoms with Crippen LogP contribution in [0.2, 0.25) is 0 Å². The average Bonchev–Trinajstić information content (AvgIpc) is 3.62. The highest BCUT2D eigenvalue weighted by Crippen LogP contribution is 2.26. The minimum Gasteiger partial charge on any atom is -0.497 e. The molecule has 276 valence electrons. The summed E-state index contributed by atoms with van der Waals surface area (Å²) in [6, 6.07) is 25.8. The van der Waals surface area contributed by atoms with Crippen molar-refractivity contribution in [2.45, 2.75) is 37.2 Å². The lowest BCUT2D eigenvalue weighted by atomic mass is 10.0. The second-order valence-electron chi connectivity index (χ2n) is 12.7. The molecule has 1 aromatic heterocycles. The highest BCUT2D eigenvalue weighted by Gasteiger charge is 2.33. The van der Waals surface area contributed by atoms with Crippen LogP contribution in [0.1, 0.15) is 44.6 Å². The molecule has 1 unspecified atom stereocenters. The number of carbonyl (C=O) groups excluding carboxylic acids is 3. The maximum atomic E-state index is 14.1. The van der Waals surface area contributed by atoms with Crippen molar-refractivity contribution >= 4 is 56.4 Å². The van der Waals surface area contributed by atoms with Gasteiger partial charge in [-0.25, -0.2) is 14.3 Å². The number of hydrogen-bond acceptors (Lipinski definition) is 8. The number of carboxylic acids is 2. The lowest BCUT2D eigenvalue weighted by Gasteiger charge is -2.33. The molecular weight excluding hydrogens is 760 g/mol. The number of aromatic carboxylic acids is 2. The summed E-state index contributed by atoms with van der Waals surface area (Å²) >= 11 is 3.65. The first-order chi connectivity index (χ1) is 25.9. The van der Waals surface area contributed by atoms with Gasteiger partial charge in [0, 0.05) is 19.5 Å². The number of halogens is 1. The minimum atomic E-state index is -1.54. The Labute approximate surface area is 317 Å². The molecule has 2 heterocycles. The van der Waals surface area contributed by atoms with Gasteiger partial charge in [0.1, 0.15) is 17.5 Å². The number of fused-ring (bicyclic) bond motifs is 1. The van der Waals surface area contributed by atoms with Crippen LogP contribution < -0.4 is 15.4 Å². The fourth-order valence-corrected chi connectivity index (χ4v) is 6.72. The number of ether oxygens (including phenoxy) is 1. The second-order valence-corrected chi connectivity index (χ2v) is 13.8. The quantitative estimate of drug-likeness (QED) is 0.125. The van der Waals surface area contributed by atoms with Crippen molar-refractivity contribution in [1.29, 1.82) is 0 Å². The van der Waals surface area contributed by atoms with Gasteiger partial charge < -0.3 is 30.5 Å². The molecule has 0 fully saturated rings. The lowest BCUT2D eigenvalue weighted by Crippen LogP contribution is -2.52. The number of carboxylic acid groups (broad SMARTS) is 2. The summed E-state index contributed by atoms with van der Waals surface area (Å²) in [5, 5.41) is 33.8. The molecule has 1 aliphatic rings. The molecule has 0 aliphatic carbocycles. The average molecular weight is 796 g/mol. The molecule has 4 aromatic carbocycles. The maximum absolute atomic E-state index is 14.1. The van der Waals surface area contributed by atoms with Crippen LogP contribution in [0.4, 0.5) is 0 Å². The van der Waals surface area contributed by atoms with Gasteiger partial charge in [0.25, 0.3) is 5.91 Å². The molecule has 14 nitrogen and oxygen atoms in total. The number of nitrogens with one attached hydrogen (secondary N) is 2. The third-order valence-electron chi connectivity index (χ3n) is 9.05. The Kier molecular flexibility index (Phi) is 11.2. The fraction of sp³-hybridized carbons (Fsp3) is 0.205. The van der Waals surface area contributed by atoms with E-state index >= 15 is 0 Å². The molecular formula is C39H35BrN6O8. The normalized spacial score (nSPS) is 14.8. The Morgan fingerprint density at radius 2 is 1.57 bits per heavy atom. The number of benzene rings is 4. The van der Waals surface area contributed by atoms with E-state index in [2.05, 4.69) is 36.9 Å². The van der Waals surface area contributed by atoms with E-state index in [4.69, 9.17) is 4.74 Å². The molecule has 2 atom stereocenters. The number of alkyl halides is 1. The van der Waals surface area contributed by atoms with E-state index in [0.717, 1.165) is 26.6 Å². The third kappa shape index (κ3) is 8.31. The zero-order valence-corrected chi connectivity index (χ0v) is 30.7. The van der Waals surface area contributed by atoms with Crippen LogP contribution in [0.15, 0.2) is 102 Å². The van der Waals surface area contributed by atoms with Gasteiger partial charge in [0.2, 0.25) is 17.5 Å². The highest BCUT2D eigenvalue weighted by atomic mass is 79.9. The van der Waals surface area contributed by atoms with Crippen LogP contribution in [0.25, 0.3) is 16.5 Å². The van der Waals surface area contributed by atoms with Gasteiger partial charge in [-0.3, -0.25) is 14.4 Å². The first-order valence-corrected chi connectivity index (χ1v) is 17.7. The Balaban J connectivity index is 1.24. The first kappa shape index (κ1) is 37.4. The molecule has 1 aliphatic heterocycles. The molecule has 3 amide bonds. The number of carbonyl (C=O) groups is 5. The van der Waals surface area contributed by atoms with Gasteiger partial charge in [-0.05, 0) is 64.2 Å².